The molecule has 2 N–H and O–H groups in total. The number of carbonyl (C=O) groups excluding carboxylic acids is 2. The topological polar surface area (TPSA) is 88.9 Å². The third-order valence-corrected chi connectivity index (χ3v) is 3.70. The molecule has 120 valence electrons. The minimum Gasteiger partial charge on any atom is -0.326 e. The van der Waals surface area contributed by atoms with Gasteiger partial charge in [-0.2, -0.15) is 10.1 Å². The van der Waals surface area contributed by atoms with Crippen LogP contribution in [0.15, 0.2) is 18.2 Å². The van der Waals surface area contributed by atoms with Crippen molar-refractivity contribution in [1.29, 1.82) is 0 Å². The van der Waals surface area contributed by atoms with Gasteiger partial charge in [0.1, 0.15) is 11.6 Å². The van der Waals surface area contributed by atoms with Crippen molar-refractivity contribution in [3.8, 4) is 0 Å². The molecule has 1 atom stereocenters. The van der Waals surface area contributed by atoms with Gasteiger partial charge in [0.05, 0.1) is 17.5 Å². The van der Waals surface area contributed by atoms with E-state index in [-0.39, 0.29) is 29.8 Å². The Hall–Kier alpha value is -2.48. The molecule has 0 saturated carbocycles. The number of anilines is 2. The van der Waals surface area contributed by atoms with E-state index in [1.165, 1.54) is 12.1 Å². The standard InChI is InChI=1S/C14H13ClFN5O2/c1-7-17-14-19-13(23)8(6-21(14)20-7)4-12(22)18-9-2-3-11(16)10(15)5-9/h2-3,5,8H,4,6H2,1H3,(H,18,22)(H,17,19,20,23). The molecule has 0 aliphatic carbocycles. The molecule has 0 saturated heterocycles. The van der Waals surface area contributed by atoms with Crippen LogP contribution in [0.2, 0.25) is 5.02 Å². The predicted octanol–water partition coefficient (Wildman–Crippen LogP) is 1.98. The summed E-state index contributed by atoms with van der Waals surface area (Å²) < 4.78 is 14.6. The molecule has 3 rings (SSSR count). The van der Waals surface area contributed by atoms with Gasteiger partial charge in [-0.05, 0) is 25.1 Å². The first-order chi connectivity index (χ1) is 10.9. The number of halogens is 2. The van der Waals surface area contributed by atoms with Crippen molar-refractivity contribution in [2.24, 2.45) is 5.92 Å². The molecule has 1 aliphatic heterocycles. The van der Waals surface area contributed by atoms with E-state index in [0.717, 1.165) is 6.07 Å². The fourth-order valence-corrected chi connectivity index (χ4v) is 2.53. The fraction of sp³-hybridized carbons (Fsp3) is 0.286. The number of aryl methyl sites for hydroxylation is 1. The van der Waals surface area contributed by atoms with Crippen LogP contribution in [0.25, 0.3) is 0 Å². The molecule has 1 unspecified atom stereocenters. The number of amides is 2. The Bertz CT molecular complexity index is 791. The fourth-order valence-electron chi connectivity index (χ4n) is 2.35. The first-order valence-electron chi connectivity index (χ1n) is 6.89. The summed E-state index contributed by atoms with van der Waals surface area (Å²) in [6, 6.07) is 3.88. The molecule has 1 aliphatic rings. The SMILES string of the molecule is Cc1nc2n(n1)CC(CC(=O)Nc1ccc(F)c(Cl)c1)C(=O)N2. The summed E-state index contributed by atoms with van der Waals surface area (Å²) in [7, 11) is 0. The van der Waals surface area contributed by atoms with E-state index in [2.05, 4.69) is 20.7 Å². The number of nitrogens with zero attached hydrogens (tertiary/aromatic N) is 3. The summed E-state index contributed by atoms with van der Waals surface area (Å²) in [4.78, 5) is 28.1. The molecule has 1 aromatic heterocycles. The van der Waals surface area contributed by atoms with E-state index in [0.29, 0.717) is 17.5 Å². The Morgan fingerprint density at radius 2 is 2.35 bits per heavy atom. The second-order valence-corrected chi connectivity index (χ2v) is 5.64. The van der Waals surface area contributed by atoms with E-state index in [4.69, 9.17) is 11.6 Å². The molecule has 0 radical (unpaired) electrons. The van der Waals surface area contributed by atoms with Gasteiger partial charge in [0.2, 0.25) is 17.8 Å². The number of nitrogens with one attached hydrogen (secondary N) is 2. The minimum absolute atomic E-state index is 0.0286. The van der Waals surface area contributed by atoms with Gasteiger partial charge in [0.15, 0.2) is 0 Å². The zero-order chi connectivity index (χ0) is 16.6. The summed E-state index contributed by atoms with van der Waals surface area (Å²) in [5.41, 5.74) is 0.370. The highest BCUT2D eigenvalue weighted by Crippen LogP contribution is 2.22. The number of carbonyl (C=O) groups is 2. The lowest BCUT2D eigenvalue weighted by Crippen LogP contribution is -2.36. The molecule has 1 aromatic carbocycles. The van der Waals surface area contributed by atoms with Crippen molar-refractivity contribution < 1.29 is 14.0 Å². The lowest BCUT2D eigenvalue weighted by Gasteiger charge is -2.21. The van der Waals surface area contributed by atoms with Crippen molar-refractivity contribution >= 4 is 35.1 Å². The van der Waals surface area contributed by atoms with Crippen LogP contribution in [0.3, 0.4) is 0 Å². The summed E-state index contributed by atoms with van der Waals surface area (Å²) in [6.45, 7) is 2.00. The third-order valence-electron chi connectivity index (χ3n) is 3.41. The molecule has 0 spiro atoms. The average molecular weight is 338 g/mol. The van der Waals surface area contributed by atoms with Crippen molar-refractivity contribution in [2.45, 2.75) is 19.9 Å². The van der Waals surface area contributed by atoms with E-state index >= 15 is 0 Å². The number of benzene rings is 1. The quantitative estimate of drug-likeness (QED) is 0.896. The number of aromatic nitrogens is 3. The maximum atomic E-state index is 13.1. The third kappa shape index (κ3) is 3.31. The highest BCUT2D eigenvalue weighted by molar-refractivity contribution is 6.31. The van der Waals surface area contributed by atoms with Crippen molar-refractivity contribution in [2.75, 3.05) is 10.6 Å². The Morgan fingerprint density at radius 3 is 3.09 bits per heavy atom. The van der Waals surface area contributed by atoms with Gasteiger partial charge in [0.25, 0.3) is 0 Å². The van der Waals surface area contributed by atoms with Crippen molar-refractivity contribution in [3.05, 3.63) is 34.9 Å². The van der Waals surface area contributed by atoms with Gasteiger partial charge in [0, 0.05) is 12.1 Å². The molecule has 2 aromatic rings. The Kier molecular flexibility index (Phi) is 3.99. The normalized spacial score (nSPS) is 16.7. The van der Waals surface area contributed by atoms with Gasteiger partial charge in [-0.3, -0.25) is 14.9 Å². The first kappa shape index (κ1) is 15.4. The predicted molar refractivity (Wildman–Crippen MR) is 81.5 cm³/mol. The van der Waals surface area contributed by atoms with Crippen LogP contribution in [-0.4, -0.2) is 26.6 Å². The van der Waals surface area contributed by atoms with Crippen LogP contribution < -0.4 is 10.6 Å². The lowest BCUT2D eigenvalue weighted by atomic mass is 10.0. The summed E-state index contributed by atoms with van der Waals surface area (Å²) in [5.74, 6) is -0.837. The zero-order valence-electron chi connectivity index (χ0n) is 12.1. The van der Waals surface area contributed by atoms with Gasteiger partial charge >= 0.3 is 0 Å². The summed E-state index contributed by atoms with van der Waals surface area (Å²) >= 11 is 5.66. The maximum absolute atomic E-state index is 13.1. The average Bonchev–Trinajstić information content (AvgIpc) is 2.82. The molecular formula is C14H13ClFN5O2. The monoisotopic (exact) mass is 337 g/mol. The van der Waals surface area contributed by atoms with Crippen LogP contribution in [-0.2, 0) is 16.1 Å². The van der Waals surface area contributed by atoms with Crippen LogP contribution in [0.5, 0.6) is 0 Å². The maximum Gasteiger partial charge on any atom is 0.232 e. The number of hydrogen-bond acceptors (Lipinski definition) is 4. The van der Waals surface area contributed by atoms with Crippen LogP contribution >= 0.6 is 11.6 Å². The zero-order valence-corrected chi connectivity index (χ0v) is 12.9. The molecule has 2 amide bonds. The number of rotatable bonds is 3. The van der Waals surface area contributed by atoms with Gasteiger partial charge in [-0.25, -0.2) is 9.07 Å². The Balaban J connectivity index is 1.66. The Labute approximate surface area is 135 Å². The second-order valence-electron chi connectivity index (χ2n) is 5.23. The summed E-state index contributed by atoms with van der Waals surface area (Å²) in [5, 5.41) is 9.27. The lowest BCUT2D eigenvalue weighted by molar-refractivity contribution is -0.125. The smallest absolute Gasteiger partial charge is 0.232 e. The number of fused-ring (bicyclic) bond motifs is 1. The van der Waals surface area contributed by atoms with E-state index in [9.17, 15) is 14.0 Å². The number of hydrogen-bond donors (Lipinski definition) is 2. The minimum atomic E-state index is -0.564. The molecular weight excluding hydrogens is 325 g/mol. The van der Waals surface area contributed by atoms with Gasteiger partial charge in [-0.1, -0.05) is 11.6 Å². The van der Waals surface area contributed by atoms with Crippen molar-refractivity contribution in [3.63, 3.8) is 0 Å². The second kappa shape index (κ2) is 5.96. The highest BCUT2D eigenvalue weighted by atomic mass is 35.5. The van der Waals surface area contributed by atoms with Crippen LogP contribution in [0, 0.1) is 18.7 Å². The van der Waals surface area contributed by atoms with Crippen molar-refractivity contribution in [1.82, 2.24) is 14.8 Å². The molecule has 0 fully saturated rings. The Morgan fingerprint density at radius 1 is 1.57 bits per heavy atom. The van der Waals surface area contributed by atoms with Gasteiger partial charge in [-0.15, -0.1) is 0 Å². The van der Waals surface area contributed by atoms with Crippen LogP contribution in [0.1, 0.15) is 12.2 Å². The molecule has 23 heavy (non-hydrogen) atoms. The van der Waals surface area contributed by atoms with E-state index in [1.807, 2.05) is 0 Å². The van der Waals surface area contributed by atoms with E-state index in [1.54, 1.807) is 11.6 Å². The molecule has 2 heterocycles. The van der Waals surface area contributed by atoms with Crippen LogP contribution in [0.4, 0.5) is 16.0 Å². The highest BCUT2D eigenvalue weighted by Gasteiger charge is 2.30. The molecule has 9 heteroatoms. The van der Waals surface area contributed by atoms with E-state index < -0.39 is 11.7 Å². The first-order valence-corrected chi connectivity index (χ1v) is 7.27. The summed E-state index contributed by atoms with van der Waals surface area (Å²) in [6.07, 6.45) is -0.0286. The molecule has 0 bridgehead atoms. The molecule has 7 nitrogen and oxygen atoms in total. The largest absolute Gasteiger partial charge is 0.326 e. The van der Waals surface area contributed by atoms with Gasteiger partial charge < -0.3 is 5.32 Å².